The first-order valence-electron chi connectivity index (χ1n) is 10.4. The Morgan fingerprint density at radius 2 is 1.93 bits per heavy atom. The zero-order valence-corrected chi connectivity index (χ0v) is 16.4. The van der Waals surface area contributed by atoms with Crippen LogP contribution < -0.4 is 15.8 Å². The number of anilines is 1. The molecule has 1 aliphatic carbocycles. The maximum absolute atomic E-state index is 14.5. The molecule has 7 heteroatoms. The van der Waals surface area contributed by atoms with Crippen LogP contribution in [0.3, 0.4) is 0 Å². The molecule has 0 unspecified atom stereocenters. The Morgan fingerprint density at radius 3 is 2.73 bits per heavy atom. The molecule has 6 rings (SSSR count). The van der Waals surface area contributed by atoms with Gasteiger partial charge in [-0.3, -0.25) is 0 Å². The number of aromatic nitrogens is 2. The van der Waals surface area contributed by atoms with Crippen molar-refractivity contribution in [3.63, 3.8) is 0 Å². The van der Waals surface area contributed by atoms with E-state index in [9.17, 15) is 9.18 Å². The monoisotopic (exact) mass is 404 g/mol. The van der Waals surface area contributed by atoms with Gasteiger partial charge in [-0.15, -0.1) is 0 Å². The van der Waals surface area contributed by atoms with Gasteiger partial charge in [0, 0.05) is 55.7 Å². The van der Waals surface area contributed by atoms with Crippen molar-refractivity contribution in [1.29, 1.82) is 0 Å². The van der Waals surface area contributed by atoms with Crippen molar-refractivity contribution in [1.82, 2.24) is 14.7 Å². The number of pyridine rings is 1. The molecule has 2 fully saturated rings. The Labute approximate surface area is 171 Å². The molecule has 152 valence electrons. The Morgan fingerprint density at radius 1 is 1.10 bits per heavy atom. The first kappa shape index (κ1) is 17.7. The maximum Gasteiger partial charge on any atom is 0.345 e. The van der Waals surface area contributed by atoms with Gasteiger partial charge in [0.1, 0.15) is 5.58 Å². The summed E-state index contributed by atoms with van der Waals surface area (Å²) in [5, 5.41) is 4.15. The predicted molar refractivity (Wildman–Crippen MR) is 114 cm³/mol. The van der Waals surface area contributed by atoms with Crippen molar-refractivity contribution in [3.05, 3.63) is 64.5 Å². The predicted octanol–water partition coefficient (Wildman–Crippen LogP) is 3.53. The maximum atomic E-state index is 14.5. The van der Waals surface area contributed by atoms with Crippen LogP contribution >= 0.6 is 0 Å². The molecule has 1 N–H and O–H groups in total. The van der Waals surface area contributed by atoms with Crippen LogP contribution in [0.5, 0.6) is 0 Å². The van der Waals surface area contributed by atoms with Crippen LogP contribution in [-0.2, 0) is 0 Å². The van der Waals surface area contributed by atoms with Crippen LogP contribution in [0.15, 0.2) is 51.9 Å². The third-order valence-corrected chi connectivity index (χ3v) is 6.05. The SMILES string of the molecule is O=c1oc2cc(N3CCNCC3)ccc2cc1-c1cn2cc(C3CC3)cc(F)c2n1. The smallest absolute Gasteiger partial charge is 0.345 e. The highest BCUT2D eigenvalue weighted by molar-refractivity contribution is 5.84. The minimum absolute atomic E-state index is 0.225. The highest BCUT2D eigenvalue weighted by Gasteiger charge is 2.25. The fourth-order valence-electron chi connectivity index (χ4n) is 4.25. The molecule has 4 heterocycles. The number of rotatable bonds is 3. The molecule has 4 aromatic rings. The van der Waals surface area contributed by atoms with Crippen molar-refractivity contribution < 1.29 is 8.81 Å². The van der Waals surface area contributed by atoms with Gasteiger partial charge in [0.15, 0.2) is 11.5 Å². The fourth-order valence-corrected chi connectivity index (χ4v) is 4.25. The summed E-state index contributed by atoms with van der Waals surface area (Å²) in [5.74, 6) is 0.0712. The van der Waals surface area contributed by atoms with E-state index < -0.39 is 5.63 Å². The van der Waals surface area contributed by atoms with E-state index in [1.807, 2.05) is 24.4 Å². The van der Waals surface area contributed by atoms with E-state index in [1.165, 1.54) is 0 Å². The van der Waals surface area contributed by atoms with Crippen LogP contribution in [0.2, 0.25) is 0 Å². The van der Waals surface area contributed by atoms with E-state index in [0.29, 0.717) is 22.8 Å². The van der Waals surface area contributed by atoms with E-state index in [0.717, 1.165) is 55.7 Å². The number of benzene rings is 1. The Balaban J connectivity index is 1.42. The molecule has 1 aliphatic heterocycles. The Bertz CT molecular complexity index is 1330. The van der Waals surface area contributed by atoms with Crippen LogP contribution in [0.1, 0.15) is 24.3 Å². The van der Waals surface area contributed by atoms with Crippen molar-refractivity contribution >= 4 is 22.3 Å². The summed E-state index contributed by atoms with van der Waals surface area (Å²) >= 11 is 0. The second-order valence-corrected chi connectivity index (χ2v) is 8.16. The Hall–Kier alpha value is -3.19. The van der Waals surface area contributed by atoms with Crippen molar-refractivity contribution in [3.8, 4) is 11.3 Å². The van der Waals surface area contributed by atoms with Gasteiger partial charge in [0.25, 0.3) is 0 Å². The normalized spacial score (nSPS) is 17.2. The molecular formula is C23H21FN4O2. The van der Waals surface area contributed by atoms with Gasteiger partial charge >= 0.3 is 5.63 Å². The van der Waals surface area contributed by atoms with Gasteiger partial charge in [0.2, 0.25) is 0 Å². The molecule has 1 aromatic carbocycles. The minimum Gasteiger partial charge on any atom is -0.422 e. The fraction of sp³-hybridized carbons (Fsp3) is 0.304. The largest absolute Gasteiger partial charge is 0.422 e. The van der Waals surface area contributed by atoms with E-state index in [4.69, 9.17) is 4.42 Å². The quantitative estimate of drug-likeness (QED) is 0.530. The average Bonchev–Trinajstić information content (AvgIpc) is 3.52. The van der Waals surface area contributed by atoms with E-state index in [-0.39, 0.29) is 11.5 Å². The summed E-state index contributed by atoms with van der Waals surface area (Å²) in [6.45, 7) is 3.72. The van der Waals surface area contributed by atoms with Gasteiger partial charge in [-0.2, -0.15) is 0 Å². The first-order valence-corrected chi connectivity index (χ1v) is 10.4. The summed E-state index contributed by atoms with van der Waals surface area (Å²) in [6.07, 6.45) is 5.81. The third-order valence-electron chi connectivity index (χ3n) is 6.05. The first-order chi connectivity index (χ1) is 14.7. The summed E-state index contributed by atoms with van der Waals surface area (Å²) in [4.78, 5) is 19.4. The number of hydrogen-bond acceptors (Lipinski definition) is 5. The molecule has 0 bridgehead atoms. The molecular weight excluding hydrogens is 383 g/mol. The number of piperazine rings is 1. The number of fused-ring (bicyclic) bond motifs is 2. The van der Waals surface area contributed by atoms with E-state index in [1.54, 1.807) is 22.7 Å². The Kier molecular flexibility index (Phi) is 3.92. The lowest BCUT2D eigenvalue weighted by Crippen LogP contribution is -2.43. The van der Waals surface area contributed by atoms with Crippen molar-refractivity contribution in [2.45, 2.75) is 18.8 Å². The van der Waals surface area contributed by atoms with Crippen LogP contribution in [0.25, 0.3) is 27.9 Å². The van der Waals surface area contributed by atoms with Crippen LogP contribution in [0.4, 0.5) is 10.1 Å². The summed E-state index contributed by atoms with van der Waals surface area (Å²) in [6, 6.07) is 9.26. The van der Waals surface area contributed by atoms with Gasteiger partial charge in [0.05, 0.1) is 11.3 Å². The highest BCUT2D eigenvalue weighted by atomic mass is 19.1. The number of hydrogen-bond donors (Lipinski definition) is 1. The summed E-state index contributed by atoms with van der Waals surface area (Å²) in [5.41, 5.74) is 3.09. The highest BCUT2D eigenvalue weighted by Crippen LogP contribution is 2.40. The third kappa shape index (κ3) is 2.97. The van der Waals surface area contributed by atoms with Crippen molar-refractivity contribution in [2.24, 2.45) is 0 Å². The molecule has 6 nitrogen and oxygen atoms in total. The van der Waals surface area contributed by atoms with Crippen molar-refractivity contribution in [2.75, 3.05) is 31.1 Å². The van der Waals surface area contributed by atoms with Gasteiger partial charge in [-0.25, -0.2) is 14.2 Å². The lowest BCUT2D eigenvalue weighted by molar-refractivity contribution is 0.561. The van der Waals surface area contributed by atoms with E-state index >= 15 is 0 Å². The molecule has 30 heavy (non-hydrogen) atoms. The lowest BCUT2D eigenvalue weighted by Gasteiger charge is -2.29. The zero-order valence-electron chi connectivity index (χ0n) is 16.4. The minimum atomic E-state index is -0.466. The number of nitrogens with one attached hydrogen (secondary N) is 1. The summed E-state index contributed by atoms with van der Waals surface area (Å²) in [7, 11) is 0. The average molecular weight is 404 g/mol. The molecule has 0 spiro atoms. The standard InChI is InChI=1S/C23H21FN4O2/c24-19-10-16(14-1-2-14)12-28-13-20(26-22(19)28)18-9-15-3-4-17(11-21(15)30-23(18)29)27-7-5-25-6-8-27/h3-4,9-14,25H,1-2,5-8H2. The second kappa shape index (κ2) is 6.67. The molecule has 3 aromatic heterocycles. The molecule has 1 saturated carbocycles. The molecule has 0 radical (unpaired) electrons. The van der Waals surface area contributed by atoms with Crippen LogP contribution in [-0.4, -0.2) is 35.6 Å². The topological polar surface area (TPSA) is 62.8 Å². The molecule has 1 saturated heterocycles. The lowest BCUT2D eigenvalue weighted by atomic mass is 10.1. The number of nitrogens with zero attached hydrogens (tertiary/aromatic N) is 3. The van der Waals surface area contributed by atoms with E-state index in [2.05, 4.69) is 15.2 Å². The van der Waals surface area contributed by atoms with Gasteiger partial charge < -0.3 is 19.0 Å². The second-order valence-electron chi connectivity index (χ2n) is 8.16. The molecule has 0 atom stereocenters. The number of imidazole rings is 1. The van der Waals surface area contributed by atoms with Crippen LogP contribution in [0, 0.1) is 5.82 Å². The van der Waals surface area contributed by atoms with Gasteiger partial charge in [-0.05, 0) is 48.6 Å². The summed E-state index contributed by atoms with van der Waals surface area (Å²) < 4.78 is 21.9. The number of halogens is 1. The molecule has 2 aliphatic rings. The van der Waals surface area contributed by atoms with Gasteiger partial charge in [-0.1, -0.05) is 0 Å². The zero-order chi connectivity index (χ0) is 20.2. The molecule has 0 amide bonds.